The van der Waals surface area contributed by atoms with Crippen LogP contribution < -0.4 is 0 Å². The zero-order valence-corrected chi connectivity index (χ0v) is 7.91. The Bertz CT molecular complexity index is 225. The molecule has 1 aliphatic heterocycles. The highest BCUT2D eigenvalue weighted by atomic mass is 16.3. The van der Waals surface area contributed by atoms with E-state index in [1.165, 1.54) is 0 Å². The normalized spacial score (nSPS) is 31.7. The van der Waals surface area contributed by atoms with Crippen molar-refractivity contribution in [2.75, 3.05) is 0 Å². The van der Waals surface area contributed by atoms with Gasteiger partial charge in [0.05, 0.1) is 6.34 Å². The monoisotopic (exact) mass is 168 g/mol. The van der Waals surface area contributed by atoms with Gasteiger partial charge < -0.3 is 10.0 Å². The van der Waals surface area contributed by atoms with Gasteiger partial charge in [-0.2, -0.15) is 0 Å². The standard InChI is InChI=1S/C9H16N2O/c1-8(2,3)11-6-10-9(4-5-9)7(11)12/h6-7,12H,4-5H2,1-3H3. The zero-order valence-electron chi connectivity index (χ0n) is 7.91. The van der Waals surface area contributed by atoms with Crippen molar-refractivity contribution in [3.05, 3.63) is 0 Å². The molecule has 1 atom stereocenters. The molecule has 0 amide bonds. The van der Waals surface area contributed by atoms with Gasteiger partial charge >= 0.3 is 0 Å². The summed E-state index contributed by atoms with van der Waals surface area (Å²) in [5.74, 6) is 0. The fraction of sp³-hybridized carbons (Fsp3) is 0.889. The van der Waals surface area contributed by atoms with Crippen molar-refractivity contribution < 1.29 is 5.11 Å². The van der Waals surface area contributed by atoms with Gasteiger partial charge in [-0.25, -0.2) is 0 Å². The second kappa shape index (κ2) is 2.02. The average molecular weight is 168 g/mol. The van der Waals surface area contributed by atoms with Gasteiger partial charge in [-0.3, -0.25) is 4.99 Å². The van der Waals surface area contributed by atoms with Crippen molar-refractivity contribution in [3.8, 4) is 0 Å². The van der Waals surface area contributed by atoms with Crippen molar-refractivity contribution >= 4 is 6.34 Å². The van der Waals surface area contributed by atoms with E-state index < -0.39 is 6.23 Å². The van der Waals surface area contributed by atoms with Crippen molar-refractivity contribution in [2.45, 2.75) is 50.9 Å². The van der Waals surface area contributed by atoms with Gasteiger partial charge in [0.1, 0.15) is 5.54 Å². The van der Waals surface area contributed by atoms with Crippen LogP contribution in [-0.2, 0) is 0 Å². The smallest absolute Gasteiger partial charge is 0.153 e. The maximum absolute atomic E-state index is 9.92. The molecular formula is C9H16N2O. The Balaban J connectivity index is 2.17. The van der Waals surface area contributed by atoms with Gasteiger partial charge in [-0.05, 0) is 33.6 Å². The molecule has 2 aliphatic rings. The van der Waals surface area contributed by atoms with Gasteiger partial charge in [0.15, 0.2) is 6.23 Å². The molecule has 68 valence electrons. The molecule has 12 heavy (non-hydrogen) atoms. The third kappa shape index (κ3) is 0.959. The molecule has 1 N–H and O–H groups in total. The predicted molar refractivity (Wildman–Crippen MR) is 48.1 cm³/mol. The Morgan fingerprint density at radius 1 is 1.50 bits per heavy atom. The van der Waals surface area contributed by atoms with E-state index in [0.717, 1.165) is 12.8 Å². The summed E-state index contributed by atoms with van der Waals surface area (Å²) >= 11 is 0. The van der Waals surface area contributed by atoms with Gasteiger partial charge in [-0.1, -0.05) is 0 Å². The van der Waals surface area contributed by atoms with E-state index in [0.29, 0.717) is 0 Å². The molecule has 2 rings (SSSR count). The molecule has 1 saturated carbocycles. The third-order valence-corrected chi connectivity index (χ3v) is 2.72. The van der Waals surface area contributed by atoms with Crippen LogP contribution in [0.3, 0.4) is 0 Å². The molecule has 1 aliphatic carbocycles. The van der Waals surface area contributed by atoms with E-state index in [-0.39, 0.29) is 11.1 Å². The van der Waals surface area contributed by atoms with E-state index >= 15 is 0 Å². The summed E-state index contributed by atoms with van der Waals surface area (Å²) in [5.41, 5.74) is -0.137. The molecule has 3 heteroatoms. The third-order valence-electron chi connectivity index (χ3n) is 2.72. The lowest BCUT2D eigenvalue weighted by molar-refractivity contribution is -0.00207. The minimum Gasteiger partial charge on any atom is -0.371 e. The van der Waals surface area contributed by atoms with Gasteiger partial charge in [0, 0.05) is 5.54 Å². The van der Waals surface area contributed by atoms with Gasteiger partial charge in [0.25, 0.3) is 0 Å². The average Bonchev–Trinajstić information content (AvgIpc) is 2.58. The zero-order chi connectivity index (χ0) is 8.98. The summed E-state index contributed by atoms with van der Waals surface area (Å²) in [4.78, 5) is 6.30. The van der Waals surface area contributed by atoms with E-state index in [9.17, 15) is 5.11 Å². The number of aliphatic hydroxyl groups excluding tert-OH is 1. The first-order valence-electron chi connectivity index (χ1n) is 4.48. The molecule has 0 radical (unpaired) electrons. The number of aliphatic hydroxyl groups is 1. The van der Waals surface area contributed by atoms with Gasteiger partial charge in [-0.15, -0.1) is 0 Å². The van der Waals surface area contributed by atoms with Gasteiger partial charge in [0.2, 0.25) is 0 Å². The number of rotatable bonds is 0. The Labute approximate surface area is 73.1 Å². The SMILES string of the molecule is CC(C)(C)N1C=NC2(CC2)C1O. The molecular weight excluding hydrogens is 152 g/mol. The van der Waals surface area contributed by atoms with E-state index in [4.69, 9.17) is 0 Å². The number of nitrogens with zero attached hydrogens (tertiary/aromatic N) is 2. The van der Waals surface area contributed by atoms with Crippen LogP contribution in [0.15, 0.2) is 4.99 Å². The van der Waals surface area contributed by atoms with Crippen molar-refractivity contribution in [3.63, 3.8) is 0 Å². The molecule has 1 fully saturated rings. The molecule has 0 saturated heterocycles. The van der Waals surface area contributed by atoms with Crippen molar-refractivity contribution in [1.82, 2.24) is 4.90 Å². The maximum atomic E-state index is 9.92. The minimum atomic E-state index is -0.391. The summed E-state index contributed by atoms with van der Waals surface area (Å²) in [7, 11) is 0. The van der Waals surface area contributed by atoms with E-state index in [2.05, 4.69) is 25.8 Å². The Morgan fingerprint density at radius 2 is 2.08 bits per heavy atom. The number of hydrogen-bond donors (Lipinski definition) is 1. The molecule has 0 aromatic rings. The topological polar surface area (TPSA) is 35.8 Å². The highest BCUT2D eigenvalue weighted by Gasteiger charge is 2.55. The number of hydrogen-bond acceptors (Lipinski definition) is 3. The van der Waals surface area contributed by atoms with Crippen LogP contribution in [-0.4, -0.2) is 33.7 Å². The van der Waals surface area contributed by atoms with Crippen LogP contribution in [0.4, 0.5) is 0 Å². The second-order valence-corrected chi connectivity index (χ2v) is 4.80. The fourth-order valence-electron chi connectivity index (χ4n) is 1.62. The largest absolute Gasteiger partial charge is 0.371 e. The van der Waals surface area contributed by atoms with Crippen LogP contribution in [0.25, 0.3) is 0 Å². The first kappa shape index (κ1) is 8.05. The molecule has 1 heterocycles. The molecule has 1 unspecified atom stereocenters. The Hall–Kier alpha value is -0.570. The second-order valence-electron chi connectivity index (χ2n) is 4.80. The Morgan fingerprint density at radius 3 is 2.33 bits per heavy atom. The summed E-state index contributed by atoms with van der Waals surface area (Å²) < 4.78 is 0. The lowest BCUT2D eigenvalue weighted by atomic mass is 10.1. The highest BCUT2D eigenvalue weighted by Crippen LogP contribution is 2.47. The lowest BCUT2D eigenvalue weighted by Gasteiger charge is -2.35. The quantitative estimate of drug-likeness (QED) is 0.585. The van der Waals surface area contributed by atoms with Crippen LogP contribution >= 0.6 is 0 Å². The van der Waals surface area contributed by atoms with Crippen molar-refractivity contribution in [2.24, 2.45) is 4.99 Å². The van der Waals surface area contributed by atoms with Crippen molar-refractivity contribution in [1.29, 1.82) is 0 Å². The van der Waals surface area contributed by atoms with Crippen LogP contribution in [0.5, 0.6) is 0 Å². The maximum Gasteiger partial charge on any atom is 0.153 e. The fourth-order valence-corrected chi connectivity index (χ4v) is 1.62. The summed E-state index contributed by atoms with van der Waals surface area (Å²) in [6.07, 6.45) is 3.49. The number of aliphatic imine (C=N–C) groups is 1. The summed E-state index contributed by atoms with van der Waals surface area (Å²) in [6, 6.07) is 0. The molecule has 1 spiro atoms. The van der Waals surface area contributed by atoms with Crippen LogP contribution in [0.1, 0.15) is 33.6 Å². The van der Waals surface area contributed by atoms with E-state index in [1.54, 1.807) is 6.34 Å². The molecule has 3 nitrogen and oxygen atoms in total. The van der Waals surface area contributed by atoms with Crippen LogP contribution in [0.2, 0.25) is 0 Å². The Kier molecular flexibility index (Phi) is 1.35. The minimum absolute atomic E-state index is 0.0188. The summed E-state index contributed by atoms with van der Waals surface area (Å²) in [5, 5.41) is 9.92. The molecule has 0 aromatic carbocycles. The molecule has 0 bridgehead atoms. The van der Waals surface area contributed by atoms with Crippen LogP contribution in [0, 0.1) is 0 Å². The van der Waals surface area contributed by atoms with E-state index in [1.807, 2.05) is 4.90 Å². The molecule has 0 aromatic heterocycles. The summed E-state index contributed by atoms with van der Waals surface area (Å²) in [6.45, 7) is 6.26. The first-order valence-corrected chi connectivity index (χ1v) is 4.48. The highest BCUT2D eigenvalue weighted by molar-refractivity contribution is 5.62. The first-order chi connectivity index (χ1) is 5.46. The lowest BCUT2D eigenvalue weighted by Crippen LogP contribution is -2.48. The predicted octanol–water partition coefficient (Wildman–Crippen LogP) is 0.980.